The zero-order valence-corrected chi connectivity index (χ0v) is 13.4. The van der Waals surface area contributed by atoms with Gasteiger partial charge in [0.05, 0.1) is 18.2 Å². The van der Waals surface area contributed by atoms with E-state index in [0.29, 0.717) is 17.4 Å². The molecule has 2 aromatic carbocycles. The van der Waals surface area contributed by atoms with Crippen molar-refractivity contribution in [2.45, 2.75) is 13.8 Å². The Morgan fingerprint density at radius 1 is 1.23 bits per heavy atom. The molecule has 2 N–H and O–H groups in total. The fraction of sp³-hybridized carbons (Fsp3) is 0.235. The number of benzene rings is 2. The number of aryl methyl sites for hydroxylation is 1. The molecule has 0 heterocycles. The number of halogens is 1. The normalized spacial score (nSPS) is 10.1. The van der Waals surface area contributed by atoms with Crippen molar-refractivity contribution in [2.24, 2.45) is 0 Å². The van der Waals surface area contributed by atoms with Crippen molar-refractivity contribution in [1.82, 2.24) is 0 Å². The van der Waals surface area contributed by atoms with Crippen molar-refractivity contribution in [1.29, 1.82) is 0 Å². The van der Waals surface area contributed by atoms with Crippen LogP contribution in [0.5, 0.6) is 5.75 Å². The predicted molar refractivity (Wildman–Crippen MR) is 90.9 cm³/mol. The maximum atomic E-state index is 12.0. The number of para-hydroxylation sites is 1. The van der Waals surface area contributed by atoms with Gasteiger partial charge in [-0.3, -0.25) is 4.79 Å². The molecule has 0 aromatic heterocycles. The first-order chi connectivity index (χ1) is 10.6. The van der Waals surface area contributed by atoms with E-state index in [2.05, 4.69) is 10.6 Å². The first kappa shape index (κ1) is 16.2. The molecule has 22 heavy (non-hydrogen) atoms. The van der Waals surface area contributed by atoms with E-state index in [9.17, 15) is 4.79 Å². The van der Waals surface area contributed by atoms with Gasteiger partial charge in [-0.25, -0.2) is 0 Å². The molecular formula is C17H19ClN2O2. The highest BCUT2D eigenvalue weighted by Crippen LogP contribution is 2.27. The van der Waals surface area contributed by atoms with Crippen LogP contribution in [0.4, 0.5) is 11.4 Å². The van der Waals surface area contributed by atoms with E-state index in [1.54, 1.807) is 12.1 Å². The van der Waals surface area contributed by atoms with Crippen LogP contribution < -0.4 is 15.4 Å². The molecule has 1 amide bonds. The van der Waals surface area contributed by atoms with Crippen molar-refractivity contribution in [3.8, 4) is 5.75 Å². The largest absolute Gasteiger partial charge is 0.492 e. The van der Waals surface area contributed by atoms with E-state index in [1.807, 2.05) is 44.2 Å². The zero-order valence-electron chi connectivity index (χ0n) is 12.7. The van der Waals surface area contributed by atoms with Gasteiger partial charge in [-0.2, -0.15) is 0 Å². The Bertz CT molecular complexity index is 659. The summed E-state index contributed by atoms with van der Waals surface area (Å²) in [6.07, 6.45) is 0. The molecule has 116 valence electrons. The lowest BCUT2D eigenvalue weighted by Crippen LogP contribution is -2.22. The molecule has 0 aliphatic heterocycles. The molecule has 2 rings (SSSR count). The minimum Gasteiger partial charge on any atom is -0.492 e. The number of anilines is 2. The van der Waals surface area contributed by atoms with Crippen LogP contribution in [0.1, 0.15) is 12.5 Å². The molecule has 0 atom stereocenters. The van der Waals surface area contributed by atoms with Crippen LogP contribution in [0.2, 0.25) is 5.02 Å². The van der Waals surface area contributed by atoms with E-state index in [-0.39, 0.29) is 12.5 Å². The molecule has 5 heteroatoms. The van der Waals surface area contributed by atoms with Crippen molar-refractivity contribution in [2.75, 3.05) is 23.8 Å². The predicted octanol–water partition coefficient (Wildman–Crippen LogP) is 4.10. The molecule has 0 radical (unpaired) electrons. The number of hydrogen-bond acceptors (Lipinski definition) is 3. The van der Waals surface area contributed by atoms with Crippen molar-refractivity contribution in [3.05, 3.63) is 53.1 Å². The van der Waals surface area contributed by atoms with Gasteiger partial charge in [-0.15, -0.1) is 0 Å². The number of carbonyl (C=O) groups excluding carboxylic acids is 1. The number of rotatable bonds is 6. The van der Waals surface area contributed by atoms with Gasteiger partial charge in [0.15, 0.2) is 0 Å². The SMILES string of the molecule is CCOc1ccc(NCC(=O)Nc2ccccc2C)cc1Cl. The van der Waals surface area contributed by atoms with Crippen molar-refractivity contribution in [3.63, 3.8) is 0 Å². The van der Waals surface area contributed by atoms with Gasteiger partial charge in [-0.05, 0) is 43.7 Å². The molecule has 0 bridgehead atoms. The molecule has 0 fully saturated rings. The van der Waals surface area contributed by atoms with Gasteiger partial charge in [0, 0.05) is 11.4 Å². The molecule has 0 aliphatic rings. The third kappa shape index (κ3) is 4.40. The van der Waals surface area contributed by atoms with E-state index in [1.165, 1.54) is 0 Å². The summed E-state index contributed by atoms with van der Waals surface area (Å²) >= 11 is 6.11. The third-order valence-corrected chi connectivity index (χ3v) is 3.40. The molecular weight excluding hydrogens is 300 g/mol. The lowest BCUT2D eigenvalue weighted by molar-refractivity contribution is -0.114. The van der Waals surface area contributed by atoms with Crippen LogP contribution in [0.3, 0.4) is 0 Å². The number of amides is 1. The molecule has 0 saturated carbocycles. The molecule has 0 unspecified atom stereocenters. The standard InChI is InChI=1S/C17H19ClN2O2/c1-3-22-16-9-8-13(10-14(16)18)19-11-17(21)20-15-7-5-4-6-12(15)2/h4-10,19H,3,11H2,1-2H3,(H,20,21). The van der Waals surface area contributed by atoms with Gasteiger partial charge in [0.2, 0.25) is 5.91 Å². The van der Waals surface area contributed by atoms with Crippen molar-refractivity contribution >= 4 is 28.9 Å². The molecule has 0 saturated heterocycles. The Morgan fingerprint density at radius 3 is 2.68 bits per heavy atom. The first-order valence-electron chi connectivity index (χ1n) is 7.12. The van der Waals surface area contributed by atoms with Gasteiger partial charge in [0.1, 0.15) is 5.75 Å². The first-order valence-corrected chi connectivity index (χ1v) is 7.49. The molecule has 0 aliphatic carbocycles. The average Bonchev–Trinajstić information content (AvgIpc) is 2.50. The van der Waals surface area contributed by atoms with E-state index < -0.39 is 0 Å². The Kier molecular flexibility index (Phi) is 5.67. The number of nitrogens with one attached hydrogen (secondary N) is 2. The topological polar surface area (TPSA) is 50.4 Å². The van der Waals surface area contributed by atoms with Crippen LogP contribution in [0, 0.1) is 6.92 Å². The second-order valence-corrected chi connectivity index (χ2v) is 5.20. The second kappa shape index (κ2) is 7.71. The van der Waals surface area contributed by atoms with Gasteiger partial charge >= 0.3 is 0 Å². The summed E-state index contributed by atoms with van der Waals surface area (Å²) in [5.41, 5.74) is 2.62. The number of carbonyl (C=O) groups is 1. The van der Waals surface area contributed by atoms with Crippen LogP contribution in [0.15, 0.2) is 42.5 Å². The minimum absolute atomic E-state index is 0.112. The van der Waals surface area contributed by atoms with E-state index >= 15 is 0 Å². The average molecular weight is 319 g/mol. The number of ether oxygens (including phenoxy) is 1. The molecule has 2 aromatic rings. The fourth-order valence-corrected chi connectivity index (χ4v) is 2.21. The van der Waals surface area contributed by atoms with Crippen LogP contribution in [0.25, 0.3) is 0 Å². The lowest BCUT2D eigenvalue weighted by atomic mass is 10.2. The summed E-state index contributed by atoms with van der Waals surface area (Å²) in [4.78, 5) is 12.0. The summed E-state index contributed by atoms with van der Waals surface area (Å²) in [7, 11) is 0. The smallest absolute Gasteiger partial charge is 0.243 e. The van der Waals surface area contributed by atoms with E-state index in [0.717, 1.165) is 16.9 Å². The monoisotopic (exact) mass is 318 g/mol. The van der Waals surface area contributed by atoms with Gasteiger partial charge in [-0.1, -0.05) is 29.8 Å². The highest BCUT2D eigenvalue weighted by Gasteiger charge is 2.06. The Balaban J connectivity index is 1.91. The molecule has 4 nitrogen and oxygen atoms in total. The summed E-state index contributed by atoms with van der Waals surface area (Å²) in [6.45, 7) is 4.58. The highest BCUT2D eigenvalue weighted by molar-refractivity contribution is 6.32. The summed E-state index contributed by atoms with van der Waals surface area (Å²) < 4.78 is 5.37. The Labute approximate surface area is 135 Å². The van der Waals surface area contributed by atoms with Crippen LogP contribution >= 0.6 is 11.6 Å². The highest BCUT2D eigenvalue weighted by atomic mass is 35.5. The summed E-state index contributed by atoms with van der Waals surface area (Å²) in [6, 6.07) is 13.0. The van der Waals surface area contributed by atoms with Crippen LogP contribution in [-0.4, -0.2) is 19.1 Å². The number of hydrogen-bond donors (Lipinski definition) is 2. The molecule has 0 spiro atoms. The van der Waals surface area contributed by atoms with E-state index in [4.69, 9.17) is 16.3 Å². The van der Waals surface area contributed by atoms with Crippen LogP contribution in [-0.2, 0) is 4.79 Å². The third-order valence-electron chi connectivity index (χ3n) is 3.10. The van der Waals surface area contributed by atoms with Crippen molar-refractivity contribution < 1.29 is 9.53 Å². The summed E-state index contributed by atoms with van der Waals surface area (Å²) in [5, 5.41) is 6.43. The van der Waals surface area contributed by atoms with Gasteiger partial charge in [0.25, 0.3) is 0 Å². The lowest BCUT2D eigenvalue weighted by Gasteiger charge is -2.11. The minimum atomic E-state index is -0.112. The maximum absolute atomic E-state index is 12.0. The maximum Gasteiger partial charge on any atom is 0.243 e. The fourth-order valence-electron chi connectivity index (χ4n) is 1.97. The Morgan fingerprint density at radius 2 is 2.00 bits per heavy atom. The zero-order chi connectivity index (χ0) is 15.9. The van der Waals surface area contributed by atoms with Gasteiger partial charge < -0.3 is 15.4 Å². The second-order valence-electron chi connectivity index (χ2n) is 4.79. The Hall–Kier alpha value is -2.20. The quantitative estimate of drug-likeness (QED) is 0.843. The summed E-state index contributed by atoms with van der Waals surface area (Å²) in [5.74, 6) is 0.526.